The van der Waals surface area contributed by atoms with Crippen molar-refractivity contribution in [2.24, 2.45) is 0 Å². The zero-order chi connectivity index (χ0) is 14.5. The van der Waals surface area contributed by atoms with Crippen LogP contribution in [0, 0.1) is 5.82 Å². The Kier molecular flexibility index (Phi) is 5.31. The van der Waals surface area contributed by atoms with Gasteiger partial charge in [0, 0.05) is 37.9 Å². The van der Waals surface area contributed by atoms with Gasteiger partial charge in [-0.25, -0.2) is 9.37 Å². The minimum absolute atomic E-state index is 0.203. The van der Waals surface area contributed by atoms with E-state index in [1.54, 1.807) is 12.3 Å². The van der Waals surface area contributed by atoms with Gasteiger partial charge in [-0.05, 0) is 39.0 Å². The Labute approximate surface area is 121 Å². The van der Waals surface area contributed by atoms with Gasteiger partial charge in [0.25, 0.3) is 0 Å². The topological polar surface area (TPSA) is 31.4 Å². The van der Waals surface area contributed by atoms with E-state index in [0.29, 0.717) is 24.0 Å². The van der Waals surface area contributed by atoms with Gasteiger partial charge in [0.1, 0.15) is 0 Å². The largest absolute Gasteiger partial charge is 0.356 e. The molecule has 1 saturated heterocycles. The van der Waals surface area contributed by atoms with E-state index in [9.17, 15) is 4.39 Å². The molecule has 1 N–H and O–H groups in total. The van der Waals surface area contributed by atoms with Crippen LogP contribution in [0.2, 0.25) is 0 Å². The molecule has 0 bridgehead atoms. The number of nitrogens with zero attached hydrogens (tertiary/aromatic N) is 3. The third-order valence-electron chi connectivity index (χ3n) is 4.07. The second-order valence-electron chi connectivity index (χ2n) is 5.44. The fourth-order valence-corrected chi connectivity index (χ4v) is 2.99. The molecule has 1 unspecified atom stereocenters. The van der Waals surface area contributed by atoms with E-state index < -0.39 is 0 Å². The summed E-state index contributed by atoms with van der Waals surface area (Å²) >= 11 is 0. The number of anilines is 1. The number of hydrogen-bond donors (Lipinski definition) is 1. The second-order valence-corrected chi connectivity index (χ2v) is 5.44. The van der Waals surface area contributed by atoms with Gasteiger partial charge in [-0.15, -0.1) is 0 Å². The van der Waals surface area contributed by atoms with E-state index in [-0.39, 0.29) is 5.82 Å². The van der Waals surface area contributed by atoms with Crippen LogP contribution in [-0.2, 0) is 6.54 Å². The summed E-state index contributed by atoms with van der Waals surface area (Å²) in [5, 5.41) is 2.99. The first-order valence-electron chi connectivity index (χ1n) is 7.40. The monoisotopic (exact) mass is 280 g/mol. The van der Waals surface area contributed by atoms with Gasteiger partial charge < -0.3 is 10.2 Å². The van der Waals surface area contributed by atoms with Crippen molar-refractivity contribution in [3.8, 4) is 0 Å². The molecule has 1 atom stereocenters. The zero-order valence-electron chi connectivity index (χ0n) is 12.7. The summed E-state index contributed by atoms with van der Waals surface area (Å²) in [6.45, 7) is 5.77. The number of pyridine rings is 1. The molecule has 0 radical (unpaired) electrons. The summed E-state index contributed by atoms with van der Waals surface area (Å²) in [6.07, 6.45) is 4.12. The summed E-state index contributed by atoms with van der Waals surface area (Å²) in [4.78, 5) is 8.63. The Morgan fingerprint density at radius 3 is 3.05 bits per heavy atom. The average molecular weight is 280 g/mol. The molecule has 0 spiro atoms. The third-order valence-corrected chi connectivity index (χ3v) is 4.07. The Morgan fingerprint density at radius 1 is 1.55 bits per heavy atom. The van der Waals surface area contributed by atoms with Crippen LogP contribution < -0.4 is 10.2 Å². The minimum atomic E-state index is -0.203. The van der Waals surface area contributed by atoms with Gasteiger partial charge in [-0.3, -0.25) is 4.90 Å². The average Bonchev–Trinajstić information content (AvgIpc) is 2.88. The van der Waals surface area contributed by atoms with E-state index in [0.717, 1.165) is 19.6 Å². The van der Waals surface area contributed by atoms with Crippen molar-refractivity contribution >= 4 is 5.82 Å². The number of likely N-dealkylation sites (tertiary alicyclic amines) is 1. The number of hydrogen-bond acceptors (Lipinski definition) is 4. The van der Waals surface area contributed by atoms with Gasteiger partial charge in [-0.2, -0.15) is 0 Å². The third kappa shape index (κ3) is 3.27. The maximum atomic E-state index is 14.4. The van der Waals surface area contributed by atoms with Crippen LogP contribution in [0.5, 0.6) is 0 Å². The first-order chi connectivity index (χ1) is 9.67. The Bertz CT molecular complexity index is 438. The molecule has 0 amide bonds. The SMILES string of the molecule is CCN1CCCC1CN(C)c1nccc(CNC)c1F. The predicted molar refractivity (Wildman–Crippen MR) is 80.5 cm³/mol. The molecule has 2 heterocycles. The van der Waals surface area contributed by atoms with Crippen LogP contribution in [0.1, 0.15) is 25.3 Å². The number of nitrogens with one attached hydrogen (secondary N) is 1. The predicted octanol–water partition coefficient (Wildman–Crippen LogP) is 1.86. The van der Waals surface area contributed by atoms with Crippen molar-refractivity contribution < 1.29 is 4.39 Å². The van der Waals surface area contributed by atoms with Gasteiger partial charge in [0.2, 0.25) is 0 Å². The second kappa shape index (κ2) is 6.99. The fraction of sp³-hybridized carbons (Fsp3) is 0.667. The molecule has 0 saturated carbocycles. The highest BCUT2D eigenvalue weighted by Gasteiger charge is 2.25. The van der Waals surface area contributed by atoms with Gasteiger partial charge in [-0.1, -0.05) is 6.92 Å². The molecule has 112 valence electrons. The van der Waals surface area contributed by atoms with Gasteiger partial charge in [0.05, 0.1) is 0 Å². The van der Waals surface area contributed by atoms with Crippen molar-refractivity contribution in [1.82, 2.24) is 15.2 Å². The minimum Gasteiger partial charge on any atom is -0.356 e. The highest BCUT2D eigenvalue weighted by atomic mass is 19.1. The number of likely N-dealkylation sites (N-methyl/N-ethyl adjacent to an activating group) is 2. The summed E-state index contributed by atoms with van der Waals surface area (Å²) in [5.41, 5.74) is 0.670. The zero-order valence-corrected chi connectivity index (χ0v) is 12.7. The van der Waals surface area contributed by atoms with Crippen LogP contribution in [-0.4, -0.2) is 49.7 Å². The summed E-state index contributed by atoms with van der Waals surface area (Å²) < 4.78 is 14.4. The smallest absolute Gasteiger partial charge is 0.170 e. The lowest BCUT2D eigenvalue weighted by Crippen LogP contribution is -2.39. The first-order valence-corrected chi connectivity index (χ1v) is 7.40. The lowest BCUT2D eigenvalue weighted by Gasteiger charge is -2.28. The van der Waals surface area contributed by atoms with Crippen molar-refractivity contribution in [1.29, 1.82) is 0 Å². The Hall–Kier alpha value is -1.20. The van der Waals surface area contributed by atoms with Crippen LogP contribution in [0.25, 0.3) is 0 Å². The molecule has 2 rings (SSSR count). The highest BCUT2D eigenvalue weighted by molar-refractivity contribution is 5.42. The van der Waals surface area contributed by atoms with Crippen LogP contribution >= 0.6 is 0 Å². The first kappa shape index (κ1) is 15.2. The Balaban J connectivity index is 2.09. The molecule has 0 aliphatic carbocycles. The summed E-state index contributed by atoms with van der Waals surface area (Å²) in [7, 11) is 3.75. The molecule has 1 fully saturated rings. The van der Waals surface area contributed by atoms with Crippen LogP contribution in [0.15, 0.2) is 12.3 Å². The van der Waals surface area contributed by atoms with E-state index in [2.05, 4.69) is 22.1 Å². The van der Waals surface area contributed by atoms with Gasteiger partial charge >= 0.3 is 0 Å². The quantitative estimate of drug-likeness (QED) is 0.862. The molecule has 1 aromatic rings. The normalized spacial score (nSPS) is 19.5. The molecule has 1 aliphatic rings. The Morgan fingerprint density at radius 2 is 2.35 bits per heavy atom. The van der Waals surface area contributed by atoms with E-state index in [1.807, 2.05) is 19.0 Å². The fourth-order valence-electron chi connectivity index (χ4n) is 2.99. The maximum absolute atomic E-state index is 14.4. The molecule has 1 aliphatic heterocycles. The van der Waals surface area contributed by atoms with Gasteiger partial charge in [0.15, 0.2) is 11.6 Å². The number of rotatable bonds is 6. The van der Waals surface area contributed by atoms with Crippen molar-refractivity contribution in [3.05, 3.63) is 23.6 Å². The summed E-state index contributed by atoms with van der Waals surface area (Å²) in [6, 6.07) is 2.25. The molecule has 4 nitrogen and oxygen atoms in total. The van der Waals surface area contributed by atoms with Crippen LogP contribution in [0.3, 0.4) is 0 Å². The number of aromatic nitrogens is 1. The van der Waals surface area contributed by atoms with Crippen molar-refractivity contribution in [3.63, 3.8) is 0 Å². The van der Waals surface area contributed by atoms with E-state index >= 15 is 0 Å². The molecule has 0 aromatic carbocycles. The lowest BCUT2D eigenvalue weighted by atomic mass is 10.2. The highest BCUT2D eigenvalue weighted by Crippen LogP contribution is 2.22. The summed E-state index contributed by atoms with van der Waals surface area (Å²) in [5.74, 6) is 0.256. The van der Waals surface area contributed by atoms with Crippen molar-refractivity contribution in [2.45, 2.75) is 32.4 Å². The molecule has 1 aromatic heterocycles. The molecular formula is C15H25FN4. The van der Waals surface area contributed by atoms with E-state index in [1.165, 1.54) is 12.8 Å². The number of halogens is 1. The maximum Gasteiger partial charge on any atom is 0.170 e. The van der Waals surface area contributed by atoms with E-state index in [4.69, 9.17) is 0 Å². The molecule has 5 heteroatoms. The standard InChI is InChI=1S/C15H25FN4/c1-4-20-9-5-6-13(20)11-19(3)15-14(16)12(10-17-2)7-8-18-15/h7-8,13,17H,4-6,9-11H2,1-3H3. The van der Waals surface area contributed by atoms with Crippen LogP contribution in [0.4, 0.5) is 10.2 Å². The van der Waals surface area contributed by atoms with Crippen molar-refractivity contribution in [2.75, 3.05) is 38.6 Å². The molecule has 20 heavy (non-hydrogen) atoms. The molecular weight excluding hydrogens is 255 g/mol. The lowest BCUT2D eigenvalue weighted by molar-refractivity contribution is 0.270.